The summed E-state index contributed by atoms with van der Waals surface area (Å²) in [6.45, 7) is 3.05. The summed E-state index contributed by atoms with van der Waals surface area (Å²) in [5.41, 5.74) is -2.09. The smallest absolute Gasteiger partial charge is 0.350 e. The van der Waals surface area contributed by atoms with Crippen molar-refractivity contribution in [3.63, 3.8) is 0 Å². The van der Waals surface area contributed by atoms with E-state index in [9.17, 15) is 20.0 Å². The van der Waals surface area contributed by atoms with E-state index in [1.165, 1.54) is 25.1 Å². The molecule has 0 aliphatic carbocycles. The van der Waals surface area contributed by atoms with Gasteiger partial charge in [0.15, 0.2) is 0 Å². The first kappa shape index (κ1) is 13.3. The van der Waals surface area contributed by atoms with Gasteiger partial charge in [0.05, 0.1) is 11.5 Å². The fourth-order valence-electron chi connectivity index (χ4n) is 2.15. The van der Waals surface area contributed by atoms with Gasteiger partial charge < -0.3 is 14.6 Å². The van der Waals surface area contributed by atoms with E-state index in [0.717, 1.165) is 0 Å². The van der Waals surface area contributed by atoms with Crippen LogP contribution in [0.4, 0.5) is 5.69 Å². The summed E-state index contributed by atoms with van der Waals surface area (Å²) < 4.78 is 10.1. The van der Waals surface area contributed by atoms with E-state index in [0.29, 0.717) is 0 Å². The van der Waals surface area contributed by atoms with E-state index in [4.69, 9.17) is 9.47 Å². The molecule has 2 rings (SSSR count). The lowest BCUT2D eigenvalue weighted by Gasteiger charge is -2.22. The van der Waals surface area contributed by atoms with Crippen LogP contribution < -0.4 is 4.74 Å². The minimum absolute atomic E-state index is 0.00180. The summed E-state index contributed by atoms with van der Waals surface area (Å²) in [5.74, 6) is -0.629. The fraction of sp³-hybridized carbons (Fsp3) is 0.417. The van der Waals surface area contributed by atoms with E-state index in [1.54, 1.807) is 6.92 Å². The molecule has 1 aliphatic heterocycles. The highest BCUT2D eigenvalue weighted by molar-refractivity contribution is 5.79. The maximum atomic E-state index is 11.7. The number of hydrogen-bond donors (Lipinski definition) is 1. The highest BCUT2D eigenvalue weighted by atomic mass is 16.6. The molecular formula is C12H13NO6. The summed E-state index contributed by atoms with van der Waals surface area (Å²) in [6, 6.07) is 4.15. The molecule has 0 unspecified atom stereocenters. The van der Waals surface area contributed by atoms with Crippen LogP contribution in [0.3, 0.4) is 0 Å². The Hall–Kier alpha value is -2.15. The Morgan fingerprint density at radius 3 is 2.89 bits per heavy atom. The maximum absolute atomic E-state index is 11.7. The molecular weight excluding hydrogens is 254 g/mol. The molecule has 1 N–H and O–H groups in total. The largest absolute Gasteiger partial charge is 0.475 e. The lowest BCUT2D eigenvalue weighted by molar-refractivity contribution is -0.386. The molecule has 0 spiro atoms. The standard InChI is InChI=1S/C12H13NO6/c1-3-18-11(14)10-12(2,15)9-7(13(16)17)5-4-6-8(9)19-10/h4-6,10,15H,3H2,1-2H3/t10-,12+/m1/s1. The van der Waals surface area contributed by atoms with Crippen LogP contribution in [0.5, 0.6) is 5.75 Å². The van der Waals surface area contributed by atoms with E-state index >= 15 is 0 Å². The average molecular weight is 267 g/mol. The summed E-state index contributed by atoms with van der Waals surface area (Å²) in [4.78, 5) is 22.1. The molecule has 1 heterocycles. The van der Waals surface area contributed by atoms with Crippen molar-refractivity contribution in [2.45, 2.75) is 25.6 Å². The Bertz CT molecular complexity index is 539. The monoisotopic (exact) mass is 267 g/mol. The lowest BCUT2D eigenvalue weighted by Crippen LogP contribution is -2.42. The number of nitro benzene ring substituents is 1. The van der Waals surface area contributed by atoms with Crippen molar-refractivity contribution in [3.05, 3.63) is 33.9 Å². The van der Waals surface area contributed by atoms with Crippen molar-refractivity contribution in [2.75, 3.05) is 6.61 Å². The molecule has 0 fully saturated rings. The molecule has 102 valence electrons. The molecule has 7 heteroatoms. The van der Waals surface area contributed by atoms with Crippen molar-refractivity contribution in [1.29, 1.82) is 0 Å². The van der Waals surface area contributed by atoms with Gasteiger partial charge in [-0.2, -0.15) is 0 Å². The second-order valence-corrected chi connectivity index (χ2v) is 4.30. The van der Waals surface area contributed by atoms with Gasteiger partial charge in [-0.25, -0.2) is 4.79 Å². The number of ether oxygens (including phenoxy) is 2. The van der Waals surface area contributed by atoms with E-state index < -0.39 is 22.6 Å². The van der Waals surface area contributed by atoms with E-state index in [-0.39, 0.29) is 23.6 Å². The number of esters is 1. The van der Waals surface area contributed by atoms with Crippen LogP contribution in [-0.2, 0) is 15.1 Å². The number of nitrogens with zero attached hydrogens (tertiary/aromatic N) is 1. The van der Waals surface area contributed by atoms with Gasteiger partial charge in [-0.3, -0.25) is 10.1 Å². The Morgan fingerprint density at radius 2 is 2.32 bits per heavy atom. The minimum atomic E-state index is -1.80. The quantitative estimate of drug-likeness (QED) is 0.500. The lowest BCUT2D eigenvalue weighted by atomic mass is 9.91. The zero-order chi connectivity index (χ0) is 14.2. The number of nitro groups is 1. The number of fused-ring (bicyclic) bond motifs is 1. The van der Waals surface area contributed by atoms with Gasteiger partial charge in [0.2, 0.25) is 6.10 Å². The molecule has 7 nitrogen and oxygen atoms in total. The van der Waals surface area contributed by atoms with Gasteiger partial charge in [0, 0.05) is 6.07 Å². The van der Waals surface area contributed by atoms with Crippen molar-refractivity contribution in [1.82, 2.24) is 0 Å². The zero-order valence-electron chi connectivity index (χ0n) is 10.5. The van der Waals surface area contributed by atoms with E-state index in [1.807, 2.05) is 0 Å². The van der Waals surface area contributed by atoms with Gasteiger partial charge in [-0.1, -0.05) is 6.07 Å². The van der Waals surface area contributed by atoms with Gasteiger partial charge in [0.25, 0.3) is 5.69 Å². The van der Waals surface area contributed by atoms with Gasteiger partial charge in [-0.05, 0) is 19.9 Å². The van der Waals surface area contributed by atoms with Crippen LogP contribution in [0.15, 0.2) is 18.2 Å². The van der Waals surface area contributed by atoms with Gasteiger partial charge >= 0.3 is 5.97 Å². The van der Waals surface area contributed by atoms with E-state index in [2.05, 4.69) is 0 Å². The van der Waals surface area contributed by atoms with Crippen LogP contribution in [0, 0.1) is 10.1 Å². The van der Waals surface area contributed by atoms with Gasteiger partial charge in [-0.15, -0.1) is 0 Å². The second kappa shape index (κ2) is 4.51. The van der Waals surface area contributed by atoms with Crippen molar-refractivity contribution in [2.24, 2.45) is 0 Å². The molecule has 1 aromatic carbocycles. The van der Waals surface area contributed by atoms with Gasteiger partial charge in [0.1, 0.15) is 16.9 Å². The van der Waals surface area contributed by atoms with Crippen LogP contribution >= 0.6 is 0 Å². The van der Waals surface area contributed by atoms with Crippen LogP contribution in [-0.4, -0.2) is 28.7 Å². The normalized spacial score (nSPS) is 24.5. The number of carbonyl (C=O) groups excluding carboxylic acids is 1. The molecule has 1 aliphatic rings. The highest BCUT2D eigenvalue weighted by Gasteiger charge is 2.52. The molecule has 0 radical (unpaired) electrons. The van der Waals surface area contributed by atoms with Crippen LogP contribution in [0.1, 0.15) is 19.4 Å². The van der Waals surface area contributed by atoms with Crippen LogP contribution in [0.25, 0.3) is 0 Å². The second-order valence-electron chi connectivity index (χ2n) is 4.30. The topological polar surface area (TPSA) is 98.9 Å². The first-order chi connectivity index (χ1) is 8.89. The summed E-state index contributed by atoms with van der Waals surface area (Å²) in [7, 11) is 0. The molecule has 0 saturated carbocycles. The van der Waals surface area contributed by atoms with Crippen molar-refractivity contribution >= 4 is 11.7 Å². The SMILES string of the molecule is CCOC(=O)[C@H]1Oc2cccc([N+](=O)[O-])c2[C@]1(C)O. The molecule has 0 amide bonds. The first-order valence-corrected chi connectivity index (χ1v) is 5.73. The Balaban J connectivity index is 2.48. The summed E-state index contributed by atoms with van der Waals surface area (Å²) in [6.07, 6.45) is -1.30. The highest BCUT2D eigenvalue weighted by Crippen LogP contribution is 2.46. The predicted octanol–water partition coefficient (Wildman–Crippen LogP) is 1.13. The number of rotatable bonds is 3. The number of hydrogen-bond acceptors (Lipinski definition) is 6. The molecule has 19 heavy (non-hydrogen) atoms. The molecule has 1 aromatic rings. The predicted molar refractivity (Wildman–Crippen MR) is 63.7 cm³/mol. The third-order valence-corrected chi connectivity index (χ3v) is 2.96. The zero-order valence-corrected chi connectivity index (χ0v) is 10.5. The van der Waals surface area contributed by atoms with Crippen molar-refractivity contribution < 1.29 is 24.3 Å². The number of carbonyl (C=O) groups is 1. The molecule has 2 atom stereocenters. The Morgan fingerprint density at radius 1 is 1.63 bits per heavy atom. The van der Waals surface area contributed by atoms with Crippen molar-refractivity contribution in [3.8, 4) is 5.75 Å². The Kier molecular flexibility index (Phi) is 3.15. The van der Waals surface area contributed by atoms with Crippen LogP contribution in [0.2, 0.25) is 0 Å². The summed E-state index contributed by atoms with van der Waals surface area (Å²) in [5, 5.41) is 21.4. The summed E-state index contributed by atoms with van der Waals surface area (Å²) >= 11 is 0. The molecule has 0 aromatic heterocycles. The first-order valence-electron chi connectivity index (χ1n) is 5.73. The number of aliphatic hydroxyl groups is 1. The molecule has 0 bridgehead atoms. The minimum Gasteiger partial charge on any atom is -0.475 e. The maximum Gasteiger partial charge on any atom is 0.350 e. The Labute approximate surface area is 108 Å². The third kappa shape index (κ3) is 2.01. The third-order valence-electron chi connectivity index (χ3n) is 2.96. The average Bonchev–Trinajstić information content (AvgIpc) is 2.61. The molecule has 0 saturated heterocycles. The fourth-order valence-corrected chi connectivity index (χ4v) is 2.15. The number of benzene rings is 1.